The van der Waals surface area contributed by atoms with Gasteiger partial charge in [-0.2, -0.15) is 0 Å². The van der Waals surface area contributed by atoms with E-state index in [1.165, 1.54) is 6.42 Å². The number of nitrogens with zero attached hydrogens (tertiary/aromatic N) is 2. The van der Waals surface area contributed by atoms with Gasteiger partial charge in [0, 0.05) is 12.6 Å². The van der Waals surface area contributed by atoms with E-state index in [2.05, 4.69) is 38.0 Å². The molecule has 1 fully saturated rings. The fourth-order valence-electron chi connectivity index (χ4n) is 1.38. The fraction of sp³-hybridized carbons (Fsp3) is 1.00. The van der Waals surface area contributed by atoms with Gasteiger partial charge in [0.15, 0.2) is 0 Å². The third kappa shape index (κ3) is 5.47. The van der Waals surface area contributed by atoms with E-state index in [0.717, 1.165) is 13.2 Å². The normalized spacial score (nSPS) is 23.1. The molecular formula is C9H21ClN2O. The molecule has 80 valence electrons. The Labute approximate surface area is 87.4 Å². The van der Waals surface area contributed by atoms with Gasteiger partial charge in [0.25, 0.3) is 0 Å². The van der Waals surface area contributed by atoms with Gasteiger partial charge in [-0.3, -0.25) is 0 Å². The monoisotopic (exact) mass is 208 g/mol. The molecule has 0 amide bonds. The van der Waals surface area contributed by atoms with Gasteiger partial charge in [0.05, 0.1) is 12.7 Å². The lowest BCUT2D eigenvalue weighted by molar-refractivity contribution is 0.203. The van der Waals surface area contributed by atoms with Crippen LogP contribution in [0.15, 0.2) is 0 Å². The van der Waals surface area contributed by atoms with Crippen molar-refractivity contribution in [1.29, 1.82) is 0 Å². The molecule has 1 rings (SSSR count). The van der Waals surface area contributed by atoms with Crippen molar-refractivity contribution in [1.82, 2.24) is 9.80 Å². The van der Waals surface area contributed by atoms with Gasteiger partial charge in [-0.15, -0.1) is 12.4 Å². The van der Waals surface area contributed by atoms with Crippen LogP contribution < -0.4 is 0 Å². The smallest absolute Gasteiger partial charge is 0.0825 e. The van der Waals surface area contributed by atoms with E-state index in [1.807, 2.05) is 0 Å². The second-order valence-corrected chi connectivity index (χ2v) is 4.07. The lowest BCUT2D eigenvalue weighted by atomic mass is 10.1. The quantitative estimate of drug-likeness (QED) is 0.620. The standard InChI is InChI=1S/C9H20N2O.ClH/c1-10(2)6-8(11(3)4)5-9-7-12-9;/h8-9H,5-7H2,1-4H3;1H. The van der Waals surface area contributed by atoms with Crippen LogP contribution in [-0.4, -0.2) is 63.3 Å². The Balaban J connectivity index is 0.00000144. The van der Waals surface area contributed by atoms with Crippen LogP contribution in [0.3, 0.4) is 0 Å². The second kappa shape index (κ2) is 5.81. The minimum Gasteiger partial charge on any atom is -0.373 e. The molecule has 2 unspecified atom stereocenters. The molecule has 1 aliphatic rings. The van der Waals surface area contributed by atoms with Gasteiger partial charge in [-0.25, -0.2) is 0 Å². The van der Waals surface area contributed by atoms with Crippen LogP contribution >= 0.6 is 12.4 Å². The number of halogens is 1. The number of likely N-dealkylation sites (N-methyl/N-ethyl adjacent to an activating group) is 2. The van der Waals surface area contributed by atoms with Crippen LogP contribution in [0.25, 0.3) is 0 Å². The average molecular weight is 209 g/mol. The predicted molar refractivity (Wildman–Crippen MR) is 57.6 cm³/mol. The first-order valence-electron chi connectivity index (χ1n) is 4.52. The highest BCUT2D eigenvalue weighted by atomic mass is 35.5. The van der Waals surface area contributed by atoms with E-state index in [4.69, 9.17) is 4.74 Å². The van der Waals surface area contributed by atoms with Gasteiger partial charge in [-0.1, -0.05) is 0 Å². The highest BCUT2D eigenvalue weighted by molar-refractivity contribution is 5.85. The first-order chi connectivity index (χ1) is 5.59. The van der Waals surface area contributed by atoms with Crippen molar-refractivity contribution >= 4 is 12.4 Å². The molecule has 13 heavy (non-hydrogen) atoms. The topological polar surface area (TPSA) is 19.0 Å². The van der Waals surface area contributed by atoms with Crippen molar-refractivity contribution in [3.8, 4) is 0 Å². The van der Waals surface area contributed by atoms with Crippen LogP contribution in [0.5, 0.6) is 0 Å². The van der Waals surface area contributed by atoms with E-state index in [1.54, 1.807) is 0 Å². The number of rotatable bonds is 5. The Morgan fingerprint density at radius 3 is 2.15 bits per heavy atom. The van der Waals surface area contributed by atoms with Crippen molar-refractivity contribution in [2.45, 2.75) is 18.6 Å². The molecule has 0 spiro atoms. The Hall–Kier alpha value is 0.170. The lowest BCUT2D eigenvalue weighted by Crippen LogP contribution is -2.38. The number of ether oxygens (including phenoxy) is 1. The first-order valence-corrected chi connectivity index (χ1v) is 4.52. The van der Waals surface area contributed by atoms with Crippen LogP contribution in [-0.2, 0) is 4.74 Å². The summed E-state index contributed by atoms with van der Waals surface area (Å²) in [6.45, 7) is 2.09. The molecule has 0 aromatic carbocycles. The molecule has 3 nitrogen and oxygen atoms in total. The molecule has 0 radical (unpaired) electrons. The fourth-order valence-corrected chi connectivity index (χ4v) is 1.38. The zero-order chi connectivity index (χ0) is 9.14. The zero-order valence-electron chi connectivity index (χ0n) is 8.99. The summed E-state index contributed by atoms with van der Waals surface area (Å²) in [6.07, 6.45) is 1.71. The van der Waals surface area contributed by atoms with Crippen LogP contribution in [0, 0.1) is 0 Å². The first kappa shape index (κ1) is 13.2. The molecule has 0 bridgehead atoms. The zero-order valence-corrected chi connectivity index (χ0v) is 9.80. The van der Waals surface area contributed by atoms with Crippen molar-refractivity contribution < 1.29 is 4.74 Å². The molecule has 0 aliphatic carbocycles. The molecule has 0 aromatic rings. The summed E-state index contributed by atoms with van der Waals surface area (Å²) >= 11 is 0. The van der Waals surface area contributed by atoms with Crippen LogP contribution in [0.1, 0.15) is 6.42 Å². The Morgan fingerprint density at radius 2 is 1.85 bits per heavy atom. The van der Waals surface area contributed by atoms with Crippen molar-refractivity contribution in [3.05, 3.63) is 0 Å². The number of hydrogen-bond donors (Lipinski definition) is 0. The summed E-state index contributed by atoms with van der Waals surface area (Å²) in [4.78, 5) is 4.51. The third-order valence-electron chi connectivity index (χ3n) is 2.24. The SMILES string of the molecule is CN(C)CC(CC1CO1)N(C)C.Cl. The van der Waals surface area contributed by atoms with E-state index in [0.29, 0.717) is 12.1 Å². The molecule has 2 atom stereocenters. The second-order valence-electron chi connectivity index (χ2n) is 4.07. The van der Waals surface area contributed by atoms with E-state index >= 15 is 0 Å². The average Bonchev–Trinajstić information content (AvgIpc) is 2.68. The van der Waals surface area contributed by atoms with E-state index < -0.39 is 0 Å². The lowest BCUT2D eigenvalue weighted by Gasteiger charge is -2.26. The molecule has 1 aliphatic heterocycles. The molecule has 0 N–H and O–H groups in total. The Kier molecular flexibility index (Phi) is 5.88. The highest BCUT2D eigenvalue weighted by Crippen LogP contribution is 2.17. The van der Waals surface area contributed by atoms with Gasteiger partial charge < -0.3 is 14.5 Å². The summed E-state index contributed by atoms with van der Waals surface area (Å²) in [5.74, 6) is 0. The van der Waals surface area contributed by atoms with Gasteiger partial charge >= 0.3 is 0 Å². The Bertz CT molecular complexity index is 134. The minimum absolute atomic E-state index is 0. The summed E-state index contributed by atoms with van der Waals surface area (Å²) in [7, 11) is 8.50. The molecule has 1 heterocycles. The largest absolute Gasteiger partial charge is 0.373 e. The molecule has 1 saturated heterocycles. The molecule has 0 aromatic heterocycles. The maximum Gasteiger partial charge on any atom is 0.0825 e. The summed E-state index contributed by atoms with van der Waals surface area (Å²) in [6, 6.07) is 0.632. The Morgan fingerprint density at radius 1 is 1.31 bits per heavy atom. The summed E-state index contributed by atoms with van der Waals surface area (Å²) in [5.41, 5.74) is 0. The predicted octanol–water partition coefficient (Wildman–Crippen LogP) is 0.689. The van der Waals surface area contributed by atoms with Gasteiger partial charge in [0.2, 0.25) is 0 Å². The van der Waals surface area contributed by atoms with Crippen LogP contribution in [0.4, 0.5) is 0 Å². The highest BCUT2D eigenvalue weighted by Gasteiger charge is 2.27. The molecule has 4 heteroatoms. The third-order valence-corrected chi connectivity index (χ3v) is 2.24. The maximum absolute atomic E-state index is 5.23. The minimum atomic E-state index is 0. The van der Waals surface area contributed by atoms with E-state index in [-0.39, 0.29) is 12.4 Å². The van der Waals surface area contributed by atoms with Gasteiger partial charge in [0.1, 0.15) is 0 Å². The van der Waals surface area contributed by atoms with Crippen molar-refractivity contribution in [2.24, 2.45) is 0 Å². The van der Waals surface area contributed by atoms with E-state index in [9.17, 15) is 0 Å². The summed E-state index contributed by atoms with van der Waals surface area (Å²) in [5, 5.41) is 0. The van der Waals surface area contributed by atoms with Crippen LogP contribution in [0.2, 0.25) is 0 Å². The maximum atomic E-state index is 5.23. The molecular weight excluding hydrogens is 188 g/mol. The summed E-state index contributed by atoms with van der Waals surface area (Å²) < 4.78 is 5.23. The number of hydrogen-bond acceptors (Lipinski definition) is 3. The number of epoxide rings is 1. The van der Waals surface area contributed by atoms with Crippen molar-refractivity contribution in [2.75, 3.05) is 41.3 Å². The van der Waals surface area contributed by atoms with Gasteiger partial charge in [-0.05, 0) is 34.6 Å². The van der Waals surface area contributed by atoms with Crippen molar-refractivity contribution in [3.63, 3.8) is 0 Å². The molecule has 0 saturated carbocycles.